The SMILES string of the molecule is CC(C)=O.CC(C)N.CC(C)N=[N+]=[N-].CC(C)O. The maximum Gasteiger partial charge on any atom is 0.126 e. The molecule has 0 aliphatic rings. The highest BCUT2D eigenvalue weighted by molar-refractivity contribution is 5.72. The van der Waals surface area contributed by atoms with E-state index in [9.17, 15) is 4.79 Å². The first-order valence-corrected chi connectivity index (χ1v) is 5.92. The Bertz CT molecular complexity index is 195. The van der Waals surface area contributed by atoms with E-state index in [-0.39, 0.29) is 17.9 Å². The number of carbonyl (C=O) groups excluding carboxylic acids is 1. The quantitative estimate of drug-likeness (QED) is 0.430. The summed E-state index contributed by atoms with van der Waals surface area (Å²) in [5, 5.41) is 11.4. The van der Waals surface area contributed by atoms with Crippen LogP contribution in [0.4, 0.5) is 0 Å². The van der Waals surface area contributed by atoms with Crippen molar-refractivity contribution in [2.24, 2.45) is 10.8 Å². The van der Waals surface area contributed by atoms with E-state index in [1.807, 2.05) is 27.7 Å². The van der Waals surface area contributed by atoms with Crippen LogP contribution in [0.2, 0.25) is 0 Å². The van der Waals surface area contributed by atoms with E-state index in [1.165, 1.54) is 13.8 Å². The lowest BCUT2D eigenvalue weighted by Crippen LogP contribution is -2.06. The summed E-state index contributed by atoms with van der Waals surface area (Å²) in [6.45, 7) is 14.1. The Kier molecular flexibility index (Phi) is 30.3. The van der Waals surface area contributed by atoms with Crippen molar-refractivity contribution in [1.82, 2.24) is 0 Å². The molecule has 0 aliphatic carbocycles. The molecule has 0 unspecified atom stereocenters. The average Bonchev–Trinajstić information content (AvgIpc) is 1.98. The van der Waals surface area contributed by atoms with E-state index in [0.717, 1.165) is 0 Å². The van der Waals surface area contributed by atoms with E-state index in [0.29, 0.717) is 6.04 Å². The van der Waals surface area contributed by atoms with E-state index < -0.39 is 0 Å². The summed E-state index contributed by atoms with van der Waals surface area (Å²) in [6.07, 6.45) is -0.167. The van der Waals surface area contributed by atoms with Gasteiger partial charge in [0.2, 0.25) is 0 Å². The molecule has 0 radical (unpaired) electrons. The van der Waals surface area contributed by atoms with Crippen LogP contribution < -0.4 is 5.73 Å². The van der Waals surface area contributed by atoms with Gasteiger partial charge in [-0.25, -0.2) is 0 Å². The van der Waals surface area contributed by atoms with Crippen molar-refractivity contribution >= 4 is 5.78 Å². The van der Waals surface area contributed by atoms with Gasteiger partial charge in [-0.05, 0) is 39.3 Å². The number of aliphatic hydroxyl groups excluding tert-OH is 1. The molecular weight excluding hydrogens is 232 g/mol. The molecule has 6 nitrogen and oxygen atoms in total. The fraction of sp³-hybridized carbons (Fsp3) is 0.917. The number of hydrogen-bond acceptors (Lipinski definition) is 4. The normalized spacial score (nSPS) is 8.06. The summed E-state index contributed by atoms with van der Waals surface area (Å²) in [4.78, 5) is 12.0. The van der Waals surface area contributed by atoms with Crippen LogP contribution in [0.25, 0.3) is 10.4 Å². The smallest absolute Gasteiger partial charge is 0.126 e. The van der Waals surface area contributed by atoms with Crippen LogP contribution in [0, 0.1) is 0 Å². The molecule has 0 atom stereocenters. The number of hydrogen-bond donors (Lipinski definition) is 2. The minimum Gasteiger partial charge on any atom is -0.394 e. The monoisotopic (exact) mass is 262 g/mol. The third-order valence-electron chi connectivity index (χ3n) is 0.283. The van der Waals surface area contributed by atoms with Crippen molar-refractivity contribution in [3.8, 4) is 0 Å². The number of rotatable bonds is 1. The standard InChI is InChI=1S/C3H7N3.C3H9N.C3H8O.C3H6O/c1-3(2)5-6-4;3*1-3(2)4/h3H,1-2H3;3H,4H2,1-2H3;3-4H,1-2H3;1-2H3. The zero-order valence-corrected chi connectivity index (χ0v) is 13.0. The van der Waals surface area contributed by atoms with Gasteiger partial charge >= 0.3 is 0 Å². The second-order valence-electron chi connectivity index (χ2n) is 4.54. The zero-order chi connectivity index (χ0) is 15.7. The highest BCUT2D eigenvalue weighted by Gasteiger charge is 1.78. The van der Waals surface area contributed by atoms with E-state index >= 15 is 0 Å². The molecule has 0 aromatic carbocycles. The molecule has 0 heterocycles. The van der Waals surface area contributed by atoms with Gasteiger partial charge in [-0.2, -0.15) is 0 Å². The molecule has 0 fully saturated rings. The maximum atomic E-state index is 9.44. The van der Waals surface area contributed by atoms with Gasteiger partial charge in [-0.15, -0.1) is 0 Å². The van der Waals surface area contributed by atoms with Crippen LogP contribution in [-0.4, -0.2) is 29.1 Å². The van der Waals surface area contributed by atoms with Crippen LogP contribution in [0.1, 0.15) is 55.4 Å². The number of nitrogens with two attached hydrogens (primary N) is 1. The Morgan fingerprint density at radius 3 is 1.33 bits per heavy atom. The second kappa shape index (κ2) is 21.2. The van der Waals surface area contributed by atoms with Gasteiger partial charge in [0.25, 0.3) is 0 Å². The first-order valence-electron chi connectivity index (χ1n) is 5.92. The van der Waals surface area contributed by atoms with Gasteiger partial charge in [-0.1, -0.05) is 32.8 Å². The number of azide groups is 1. The van der Waals surface area contributed by atoms with Crippen molar-refractivity contribution in [1.29, 1.82) is 0 Å². The predicted octanol–water partition coefficient (Wildman–Crippen LogP) is 3.04. The van der Waals surface area contributed by atoms with Crippen LogP contribution in [0.5, 0.6) is 0 Å². The van der Waals surface area contributed by atoms with Gasteiger partial charge < -0.3 is 15.6 Å². The lowest BCUT2D eigenvalue weighted by molar-refractivity contribution is -0.114. The third-order valence-corrected chi connectivity index (χ3v) is 0.283. The largest absolute Gasteiger partial charge is 0.394 e. The maximum absolute atomic E-state index is 9.44. The van der Waals surface area contributed by atoms with Gasteiger partial charge in [0.15, 0.2) is 0 Å². The molecule has 110 valence electrons. The summed E-state index contributed by atoms with van der Waals surface area (Å²) in [5.41, 5.74) is 12.8. The molecule has 0 spiro atoms. The second-order valence-corrected chi connectivity index (χ2v) is 4.54. The number of aliphatic hydroxyl groups is 1. The molecule has 18 heavy (non-hydrogen) atoms. The average molecular weight is 262 g/mol. The van der Waals surface area contributed by atoms with Gasteiger partial charge in [0, 0.05) is 17.1 Å². The summed E-state index contributed by atoms with van der Waals surface area (Å²) in [6, 6.07) is 0.440. The fourth-order valence-corrected chi connectivity index (χ4v) is 0.103. The molecule has 0 rings (SSSR count). The van der Waals surface area contributed by atoms with E-state index in [4.69, 9.17) is 16.4 Å². The van der Waals surface area contributed by atoms with Gasteiger partial charge in [-0.3, -0.25) is 0 Å². The fourth-order valence-electron chi connectivity index (χ4n) is 0.103. The molecule has 0 aliphatic heterocycles. The number of Topliss-reactive ketones (excluding diaryl/α,β-unsaturated/α-hetero) is 1. The van der Waals surface area contributed by atoms with Crippen molar-refractivity contribution in [2.75, 3.05) is 0 Å². The van der Waals surface area contributed by atoms with Crippen LogP contribution in [0.3, 0.4) is 0 Å². The summed E-state index contributed by atoms with van der Waals surface area (Å²) in [7, 11) is 0. The summed E-state index contributed by atoms with van der Waals surface area (Å²) >= 11 is 0. The highest BCUT2D eigenvalue weighted by Crippen LogP contribution is 1.82. The molecule has 0 aromatic heterocycles. The Morgan fingerprint density at radius 1 is 1.17 bits per heavy atom. The minimum absolute atomic E-state index is 0.106. The van der Waals surface area contributed by atoms with Gasteiger partial charge in [0.05, 0.1) is 0 Å². The molecule has 3 N–H and O–H groups in total. The molecule has 0 saturated carbocycles. The highest BCUT2D eigenvalue weighted by atomic mass is 16.3. The van der Waals surface area contributed by atoms with Gasteiger partial charge in [0.1, 0.15) is 5.78 Å². The van der Waals surface area contributed by atoms with Crippen molar-refractivity contribution in [3.63, 3.8) is 0 Å². The summed E-state index contributed by atoms with van der Waals surface area (Å²) < 4.78 is 0. The topological polar surface area (TPSA) is 112 Å². The summed E-state index contributed by atoms with van der Waals surface area (Å²) in [5.74, 6) is 0.167. The minimum atomic E-state index is -0.167. The van der Waals surface area contributed by atoms with Crippen LogP contribution in [0.15, 0.2) is 5.11 Å². The number of nitrogens with zero attached hydrogens (tertiary/aromatic N) is 3. The van der Waals surface area contributed by atoms with E-state index in [2.05, 4.69) is 10.0 Å². The lowest BCUT2D eigenvalue weighted by atomic mass is 10.4. The Balaban J connectivity index is -0.0000000742. The molecule has 0 bridgehead atoms. The predicted molar refractivity (Wildman–Crippen MR) is 77.3 cm³/mol. The van der Waals surface area contributed by atoms with Crippen LogP contribution >= 0.6 is 0 Å². The Hall–Kier alpha value is -1.10. The first kappa shape index (κ1) is 25.7. The zero-order valence-electron chi connectivity index (χ0n) is 13.0. The lowest BCUT2D eigenvalue weighted by Gasteiger charge is -1.82. The molecule has 0 aromatic rings. The Morgan fingerprint density at radius 2 is 1.33 bits per heavy atom. The molecule has 0 amide bonds. The first-order chi connectivity index (χ1) is 7.97. The molecule has 0 saturated heterocycles. The number of carbonyl (C=O) groups is 1. The molecule has 6 heteroatoms. The van der Waals surface area contributed by atoms with Crippen molar-refractivity contribution in [2.45, 2.75) is 73.6 Å². The van der Waals surface area contributed by atoms with Crippen molar-refractivity contribution in [3.05, 3.63) is 10.4 Å². The molecular formula is C12H30N4O2. The third kappa shape index (κ3) is 797. The van der Waals surface area contributed by atoms with E-state index in [1.54, 1.807) is 13.8 Å². The van der Waals surface area contributed by atoms with Crippen molar-refractivity contribution < 1.29 is 9.90 Å². The Labute approximate surface area is 111 Å². The number of ketones is 1. The van der Waals surface area contributed by atoms with Crippen LogP contribution in [-0.2, 0) is 4.79 Å².